The van der Waals surface area contributed by atoms with Crippen LogP contribution in [-0.4, -0.2) is 23.1 Å². The van der Waals surface area contributed by atoms with E-state index in [1.807, 2.05) is 6.07 Å². The Morgan fingerprint density at radius 3 is 2.76 bits per heavy atom. The quantitative estimate of drug-likeness (QED) is 0.836. The SMILES string of the molecule is CN(c1cccnc1C(N)=S)C1CCCCC1. The zero-order valence-corrected chi connectivity index (χ0v) is 11.0. The summed E-state index contributed by atoms with van der Waals surface area (Å²) in [6.07, 6.45) is 8.24. The van der Waals surface area contributed by atoms with Crippen LogP contribution < -0.4 is 10.6 Å². The average molecular weight is 249 g/mol. The minimum absolute atomic E-state index is 0.378. The van der Waals surface area contributed by atoms with Gasteiger partial charge in [0.2, 0.25) is 0 Å². The molecule has 2 rings (SSSR count). The van der Waals surface area contributed by atoms with Crippen LogP contribution in [0.4, 0.5) is 5.69 Å². The van der Waals surface area contributed by atoms with E-state index in [0.717, 1.165) is 11.4 Å². The zero-order valence-electron chi connectivity index (χ0n) is 10.2. The summed E-state index contributed by atoms with van der Waals surface area (Å²) in [6.45, 7) is 0. The summed E-state index contributed by atoms with van der Waals surface area (Å²) in [5.41, 5.74) is 7.53. The third-order valence-electron chi connectivity index (χ3n) is 3.52. The lowest BCUT2D eigenvalue weighted by molar-refractivity contribution is 0.427. The third-order valence-corrected chi connectivity index (χ3v) is 3.72. The molecule has 1 fully saturated rings. The normalized spacial score (nSPS) is 16.8. The van der Waals surface area contributed by atoms with Gasteiger partial charge in [-0.25, -0.2) is 0 Å². The highest BCUT2D eigenvalue weighted by Crippen LogP contribution is 2.27. The van der Waals surface area contributed by atoms with Crippen molar-refractivity contribution in [3.63, 3.8) is 0 Å². The highest BCUT2D eigenvalue weighted by molar-refractivity contribution is 7.80. The lowest BCUT2D eigenvalue weighted by Crippen LogP contribution is -2.35. The Bertz CT molecular complexity index is 399. The Kier molecular flexibility index (Phi) is 3.94. The van der Waals surface area contributed by atoms with Gasteiger partial charge >= 0.3 is 0 Å². The van der Waals surface area contributed by atoms with Crippen molar-refractivity contribution in [2.45, 2.75) is 38.1 Å². The molecular weight excluding hydrogens is 230 g/mol. The second kappa shape index (κ2) is 5.45. The Morgan fingerprint density at radius 1 is 1.41 bits per heavy atom. The first-order valence-corrected chi connectivity index (χ1v) is 6.58. The fourth-order valence-electron chi connectivity index (χ4n) is 2.54. The second-order valence-electron chi connectivity index (χ2n) is 4.64. The van der Waals surface area contributed by atoms with E-state index >= 15 is 0 Å². The van der Waals surface area contributed by atoms with Crippen molar-refractivity contribution in [1.29, 1.82) is 0 Å². The van der Waals surface area contributed by atoms with Crippen molar-refractivity contribution in [3.05, 3.63) is 24.0 Å². The molecule has 1 aliphatic carbocycles. The minimum Gasteiger partial charge on any atom is -0.388 e. The van der Waals surface area contributed by atoms with Crippen LogP contribution in [0.15, 0.2) is 18.3 Å². The summed E-state index contributed by atoms with van der Waals surface area (Å²) in [4.78, 5) is 6.96. The van der Waals surface area contributed by atoms with Gasteiger partial charge in [-0.3, -0.25) is 4.98 Å². The first-order chi connectivity index (χ1) is 8.20. The maximum Gasteiger partial charge on any atom is 0.124 e. The number of anilines is 1. The zero-order chi connectivity index (χ0) is 12.3. The second-order valence-corrected chi connectivity index (χ2v) is 5.08. The Labute approximate surface area is 108 Å². The molecule has 0 atom stereocenters. The monoisotopic (exact) mass is 249 g/mol. The summed E-state index contributed by atoms with van der Waals surface area (Å²) in [7, 11) is 2.12. The molecule has 0 amide bonds. The number of aromatic nitrogens is 1. The summed E-state index contributed by atoms with van der Waals surface area (Å²) >= 11 is 5.06. The smallest absolute Gasteiger partial charge is 0.124 e. The van der Waals surface area contributed by atoms with Crippen molar-refractivity contribution in [2.75, 3.05) is 11.9 Å². The van der Waals surface area contributed by atoms with E-state index in [0.29, 0.717) is 11.0 Å². The number of thiocarbonyl (C=S) groups is 1. The number of pyridine rings is 1. The van der Waals surface area contributed by atoms with Gasteiger partial charge in [0.25, 0.3) is 0 Å². The number of nitrogens with two attached hydrogens (primary N) is 1. The fourth-order valence-corrected chi connectivity index (χ4v) is 2.69. The van der Waals surface area contributed by atoms with Crippen molar-refractivity contribution in [1.82, 2.24) is 4.98 Å². The standard InChI is InChI=1S/C13H19N3S/c1-16(10-6-3-2-4-7-10)11-8-5-9-15-12(11)13(14)17/h5,8-10H,2-4,6-7H2,1H3,(H2,14,17). The first-order valence-electron chi connectivity index (χ1n) is 6.18. The van der Waals surface area contributed by atoms with Gasteiger partial charge in [-0.2, -0.15) is 0 Å². The van der Waals surface area contributed by atoms with E-state index in [2.05, 4.69) is 23.0 Å². The number of hydrogen-bond donors (Lipinski definition) is 1. The van der Waals surface area contributed by atoms with Gasteiger partial charge in [0.15, 0.2) is 0 Å². The van der Waals surface area contributed by atoms with Crippen molar-refractivity contribution in [3.8, 4) is 0 Å². The van der Waals surface area contributed by atoms with Gasteiger partial charge in [-0.1, -0.05) is 31.5 Å². The van der Waals surface area contributed by atoms with Gasteiger partial charge < -0.3 is 10.6 Å². The summed E-state index contributed by atoms with van der Waals surface area (Å²) in [6, 6.07) is 4.59. The topological polar surface area (TPSA) is 42.2 Å². The molecule has 1 saturated carbocycles. The summed E-state index contributed by atoms with van der Waals surface area (Å²) in [5, 5.41) is 0. The molecule has 1 aliphatic rings. The number of hydrogen-bond acceptors (Lipinski definition) is 3. The van der Waals surface area contributed by atoms with Crippen molar-refractivity contribution >= 4 is 22.9 Å². The van der Waals surface area contributed by atoms with E-state index in [-0.39, 0.29) is 0 Å². The maximum atomic E-state index is 5.72. The molecule has 0 unspecified atom stereocenters. The van der Waals surface area contributed by atoms with Gasteiger partial charge in [-0.05, 0) is 25.0 Å². The molecule has 92 valence electrons. The summed E-state index contributed by atoms with van der Waals surface area (Å²) in [5.74, 6) is 0. The lowest BCUT2D eigenvalue weighted by Gasteiger charge is -2.33. The fraction of sp³-hybridized carbons (Fsp3) is 0.538. The van der Waals surface area contributed by atoms with E-state index in [4.69, 9.17) is 18.0 Å². The molecule has 1 heterocycles. The van der Waals surface area contributed by atoms with Gasteiger partial charge in [0.1, 0.15) is 10.7 Å². The van der Waals surface area contributed by atoms with E-state index < -0.39 is 0 Å². The molecule has 0 spiro atoms. The average Bonchev–Trinajstić information content (AvgIpc) is 2.39. The summed E-state index contributed by atoms with van der Waals surface area (Å²) < 4.78 is 0. The molecule has 17 heavy (non-hydrogen) atoms. The van der Waals surface area contributed by atoms with Gasteiger partial charge in [0, 0.05) is 19.3 Å². The van der Waals surface area contributed by atoms with Crippen LogP contribution in [0, 0.1) is 0 Å². The van der Waals surface area contributed by atoms with Gasteiger partial charge in [0.05, 0.1) is 5.69 Å². The van der Waals surface area contributed by atoms with Crippen LogP contribution in [-0.2, 0) is 0 Å². The Balaban J connectivity index is 2.23. The highest BCUT2D eigenvalue weighted by atomic mass is 32.1. The number of rotatable bonds is 3. The molecule has 3 nitrogen and oxygen atoms in total. The van der Waals surface area contributed by atoms with Crippen LogP contribution in [0.1, 0.15) is 37.8 Å². The third kappa shape index (κ3) is 2.75. The molecule has 1 aromatic heterocycles. The van der Waals surface area contributed by atoms with Crippen LogP contribution in [0.5, 0.6) is 0 Å². The largest absolute Gasteiger partial charge is 0.388 e. The van der Waals surface area contributed by atoms with Crippen molar-refractivity contribution < 1.29 is 0 Å². The maximum absolute atomic E-state index is 5.72. The predicted molar refractivity (Wildman–Crippen MR) is 75.4 cm³/mol. The van der Waals surface area contributed by atoms with Crippen molar-refractivity contribution in [2.24, 2.45) is 5.73 Å². The molecule has 4 heteroatoms. The molecular formula is C13H19N3S. The lowest BCUT2D eigenvalue weighted by atomic mass is 9.94. The van der Waals surface area contributed by atoms with E-state index in [9.17, 15) is 0 Å². The first kappa shape index (κ1) is 12.3. The molecule has 0 saturated heterocycles. The Hall–Kier alpha value is -1.16. The van der Waals surface area contributed by atoms with E-state index in [1.54, 1.807) is 6.20 Å². The molecule has 0 aromatic carbocycles. The minimum atomic E-state index is 0.378. The molecule has 2 N–H and O–H groups in total. The Morgan fingerprint density at radius 2 is 2.12 bits per heavy atom. The predicted octanol–water partition coefficient (Wildman–Crippen LogP) is 2.48. The van der Waals surface area contributed by atoms with Crippen LogP contribution in [0.2, 0.25) is 0 Å². The molecule has 1 aromatic rings. The number of nitrogens with zero attached hydrogens (tertiary/aromatic N) is 2. The molecule has 0 aliphatic heterocycles. The van der Waals surface area contributed by atoms with Crippen LogP contribution >= 0.6 is 12.2 Å². The van der Waals surface area contributed by atoms with Crippen LogP contribution in [0.3, 0.4) is 0 Å². The molecule has 0 radical (unpaired) electrons. The molecule has 0 bridgehead atoms. The highest BCUT2D eigenvalue weighted by Gasteiger charge is 2.21. The van der Waals surface area contributed by atoms with Crippen LogP contribution in [0.25, 0.3) is 0 Å². The van der Waals surface area contributed by atoms with E-state index in [1.165, 1.54) is 32.1 Å². The van der Waals surface area contributed by atoms with Gasteiger partial charge in [-0.15, -0.1) is 0 Å².